The number of carboxylic acids is 1. The molecule has 0 radical (unpaired) electrons. The highest BCUT2D eigenvalue weighted by Crippen LogP contribution is 2.45. The number of hydrogen-bond acceptors (Lipinski definition) is 1. The Bertz CT molecular complexity index is 200. The Kier molecular flexibility index (Phi) is 2.90. The van der Waals surface area contributed by atoms with Crippen LogP contribution in [0, 0.1) is 5.92 Å². The Hall–Kier alpha value is -0.790. The molecule has 0 aromatic rings. The molecule has 1 rings (SSSR count). The summed E-state index contributed by atoms with van der Waals surface area (Å²) in [6, 6.07) is 0. The molecule has 0 saturated heterocycles. The molecule has 1 aliphatic rings. The summed E-state index contributed by atoms with van der Waals surface area (Å²) < 4.78 is 0. The highest BCUT2D eigenvalue weighted by atomic mass is 16.4. The molecular weight excluding hydrogens is 152 g/mol. The van der Waals surface area contributed by atoms with Gasteiger partial charge in [0.15, 0.2) is 0 Å². The van der Waals surface area contributed by atoms with E-state index in [-0.39, 0.29) is 5.92 Å². The maximum Gasteiger partial charge on any atom is 0.314 e. The van der Waals surface area contributed by atoms with Crippen LogP contribution in [0.4, 0.5) is 0 Å². The van der Waals surface area contributed by atoms with Crippen LogP contribution in [-0.4, -0.2) is 11.1 Å². The highest BCUT2D eigenvalue weighted by molar-refractivity contribution is 5.84. The zero-order valence-corrected chi connectivity index (χ0v) is 7.76. The van der Waals surface area contributed by atoms with Crippen LogP contribution in [0.2, 0.25) is 0 Å². The molecule has 0 bridgehead atoms. The lowest BCUT2D eigenvalue weighted by atomic mass is 10.2. The van der Waals surface area contributed by atoms with Gasteiger partial charge >= 0.3 is 5.97 Å². The molecule has 2 nitrogen and oxygen atoms in total. The normalized spacial score (nSPS) is 16.8. The molecule has 2 heteroatoms. The molecular formula is C10H16O2. The Labute approximate surface area is 73.3 Å². The molecule has 0 aromatic heterocycles. The number of aliphatic carboxylic acids is 1. The second-order valence-corrected chi connectivity index (χ2v) is 3.32. The quantitative estimate of drug-likeness (QED) is 0.641. The van der Waals surface area contributed by atoms with Crippen molar-refractivity contribution in [2.75, 3.05) is 0 Å². The lowest BCUT2D eigenvalue weighted by Crippen LogP contribution is -2.01. The molecule has 12 heavy (non-hydrogen) atoms. The largest absolute Gasteiger partial charge is 0.481 e. The van der Waals surface area contributed by atoms with E-state index in [1.54, 1.807) is 0 Å². The number of carbonyl (C=O) groups is 1. The predicted octanol–water partition coefficient (Wildman–Crippen LogP) is 2.60. The van der Waals surface area contributed by atoms with Gasteiger partial charge in [0, 0.05) is 0 Å². The summed E-state index contributed by atoms with van der Waals surface area (Å²) in [6.45, 7) is 4.18. The van der Waals surface area contributed by atoms with Crippen LogP contribution in [0.5, 0.6) is 0 Å². The molecule has 0 atom stereocenters. The molecule has 0 spiro atoms. The zero-order valence-electron chi connectivity index (χ0n) is 7.76. The van der Waals surface area contributed by atoms with Gasteiger partial charge in [-0.3, -0.25) is 4.79 Å². The van der Waals surface area contributed by atoms with Gasteiger partial charge in [0.2, 0.25) is 0 Å². The lowest BCUT2D eigenvalue weighted by molar-refractivity contribution is -0.138. The monoisotopic (exact) mass is 168 g/mol. The first-order valence-corrected chi connectivity index (χ1v) is 4.67. The molecule has 0 aliphatic heterocycles. The van der Waals surface area contributed by atoms with Crippen LogP contribution in [0.3, 0.4) is 0 Å². The van der Waals surface area contributed by atoms with Gasteiger partial charge in [-0.1, -0.05) is 37.8 Å². The Morgan fingerprint density at radius 1 is 1.25 bits per heavy atom. The van der Waals surface area contributed by atoms with E-state index < -0.39 is 5.97 Å². The van der Waals surface area contributed by atoms with Crippen molar-refractivity contribution >= 4 is 5.97 Å². The minimum Gasteiger partial charge on any atom is -0.481 e. The molecule has 0 fully saturated rings. The van der Waals surface area contributed by atoms with E-state index in [0.29, 0.717) is 0 Å². The first-order valence-electron chi connectivity index (χ1n) is 4.67. The standard InChI is InChI=1S/C10H16O2/c1-3-5-7-8(6-4-2)9(7)10(11)12/h9H,3-6H2,1-2H3,(H,11,12). The third-order valence-corrected chi connectivity index (χ3v) is 2.31. The van der Waals surface area contributed by atoms with Crippen molar-refractivity contribution in [2.45, 2.75) is 39.5 Å². The van der Waals surface area contributed by atoms with E-state index in [1.165, 1.54) is 11.1 Å². The van der Waals surface area contributed by atoms with Gasteiger partial charge in [-0.15, -0.1) is 0 Å². The summed E-state index contributed by atoms with van der Waals surface area (Å²) in [5.74, 6) is -0.827. The number of carboxylic acid groups (broad SMARTS) is 1. The maximum atomic E-state index is 10.7. The zero-order chi connectivity index (χ0) is 9.14. The Morgan fingerprint density at radius 2 is 1.67 bits per heavy atom. The second kappa shape index (κ2) is 3.74. The van der Waals surface area contributed by atoms with Crippen molar-refractivity contribution < 1.29 is 9.90 Å². The van der Waals surface area contributed by atoms with Crippen LogP contribution in [-0.2, 0) is 4.79 Å². The minimum absolute atomic E-state index is 0.176. The smallest absolute Gasteiger partial charge is 0.314 e. The molecule has 1 aliphatic carbocycles. The summed E-state index contributed by atoms with van der Waals surface area (Å²) in [7, 11) is 0. The van der Waals surface area contributed by atoms with E-state index in [4.69, 9.17) is 5.11 Å². The maximum absolute atomic E-state index is 10.7. The fraction of sp³-hybridized carbons (Fsp3) is 0.700. The van der Waals surface area contributed by atoms with Gasteiger partial charge in [-0.25, -0.2) is 0 Å². The first kappa shape index (κ1) is 9.30. The van der Waals surface area contributed by atoms with E-state index in [2.05, 4.69) is 13.8 Å². The van der Waals surface area contributed by atoms with Crippen molar-refractivity contribution in [1.82, 2.24) is 0 Å². The van der Waals surface area contributed by atoms with Gasteiger partial charge < -0.3 is 5.11 Å². The average Bonchev–Trinajstić information content (AvgIpc) is 2.65. The molecule has 0 aromatic carbocycles. The predicted molar refractivity (Wildman–Crippen MR) is 48.0 cm³/mol. The van der Waals surface area contributed by atoms with Gasteiger partial charge in [0.1, 0.15) is 0 Å². The number of hydrogen-bond donors (Lipinski definition) is 1. The Morgan fingerprint density at radius 3 is 1.92 bits per heavy atom. The van der Waals surface area contributed by atoms with E-state index >= 15 is 0 Å². The topological polar surface area (TPSA) is 37.3 Å². The lowest BCUT2D eigenvalue weighted by Gasteiger charge is -1.91. The second-order valence-electron chi connectivity index (χ2n) is 3.32. The van der Waals surface area contributed by atoms with Crippen LogP contribution in [0.15, 0.2) is 11.1 Å². The summed E-state index contributed by atoms with van der Waals surface area (Å²) >= 11 is 0. The van der Waals surface area contributed by atoms with Crippen molar-refractivity contribution in [1.29, 1.82) is 0 Å². The molecule has 0 heterocycles. The van der Waals surface area contributed by atoms with Crippen LogP contribution in [0.25, 0.3) is 0 Å². The van der Waals surface area contributed by atoms with Crippen molar-refractivity contribution in [3.63, 3.8) is 0 Å². The molecule has 0 unspecified atom stereocenters. The third-order valence-electron chi connectivity index (χ3n) is 2.31. The van der Waals surface area contributed by atoms with Crippen molar-refractivity contribution in [3.05, 3.63) is 11.1 Å². The van der Waals surface area contributed by atoms with Gasteiger partial charge in [-0.2, -0.15) is 0 Å². The first-order chi connectivity index (χ1) is 5.72. The van der Waals surface area contributed by atoms with Crippen molar-refractivity contribution in [2.24, 2.45) is 5.92 Å². The van der Waals surface area contributed by atoms with E-state index in [9.17, 15) is 4.79 Å². The highest BCUT2D eigenvalue weighted by Gasteiger charge is 2.40. The fourth-order valence-corrected chi connectivity index (χ4v) is 1.76. The summed E-state index contributed by atoms with van der Waals surface area (Å²) in [6.07, 6.45) is 4.08. The summed E-state index contributed by atoms with van der Waals surface area (Å²) in [4.78, 5) is 10.7. The van der Waals surface area contributed by atoms with Crippen molar-refractivity contribution in [3.8, 4) is 0 Å². The molecule has 0 amide bonds. The SMILES string of the molecule is CCCC1=C(CCC)C1C(=O)O. The van der Waals surface area contributed by atoms with Gasteiger partial charge in [-0.05, 0) is 12.8 Å². The number of rotatable bonds is 5. The summed E-state index contributed by atoms with van der Waals surface area (Å²) in [5.41, 5.74) is 2.40. The minimum atomic E-state index is -0.651. The van der Waals surface area contributed by atoms with Crippen LogP contribution < -0.4 is 0 Å². The third kappa shape index (κ3) is 1.68. The molecule has 1 N–H and O–H groups in total. The summed E-state index contributed by atoms with van der Waals surface area (Å²) in [5, 5.41) is 8.81. The van der Waals surface area contributed by atoms with E-state index in [1.807, 2.05) is 0 Å². The van der Waals surface area contributed by atoms with Crippen LogP contribution >= 0.6 is 0 Å². The van der Waals surface area contributed by atoms with Gasteiger partial charge in [0.25, 0.3) is 0 Å². The van der Waals surface area contributed by atoms with Gasteiger partial charge in [0.05, 0.1) is 5.92 Å². The van der Waals surface area contributed by atoms with Crippen LogP contribution in [0.1, 0.15) is 39.5 Å². The molecule has 0 saturated carbocycles. The average molecular weight is 168 g/mol. The van der Waals surface area contributed by atoms with E-state index in [0.717, 1.165) is 25.7 Å². The molecule has 68 valence electrons. The Balaban J connectivity index is 2.49. The fourth-order valence-electron chi connectivity index (χ4n) is 1.76.